The van der Waals surface area contributed by atoms with Gasteiger partial charge in [-0.05, 0) is 60.6 Å². The molecule has 218 valence electrons. The highest BCUT2D eigenvalue weighted by molar-refractivity contribution is 7.09. The quantitative estimate of drug-likeness (QED) is 0.220. The Balaban J connectivity index is 1.69. The molecule has 1 aromatic rings. The minimum absolute atomic E-state index is 0.0109. The summed E-state index contributed by atoms with van der Waals surface area (Å²) in [5, 5.41) is 2.02. The predicted octanol–water partition coefficient (Wildman–Crippen LogP) is 6.15. The standard InChI is InChI=1S/C32H42O7S/c1-18-23-17-27(37-20(3)33)32(7)14-13-26(39-28(36)12-8-10-22-11-9-15-40-22)19(2)29(32)30(38-21(4)34)24(16-25(18)35)31(23,5)6/h9,11,15,24,26-27,29-30H,2,8,10,12-14,16-17H2,1,3-7H3/t24?,26-,27+,29?,30+,32-/m0/s1. The molecule has 0 radical (unpaired) electrons. The lowest BCUT2D eigenvalue weighted by Gasteiger charge is -2.58. The minimum Gasteiger partial charge on any atom is -0.462 e. The molecule has 6 atom stereocenters. The number of rotatable bonds is 7. The second-order valence-corrected chi connectivity index (χ2v) is 13.5. The topological polar surface area (TPSA) is 96.0 Å². The summed E-state index contributed by atoms with van der Waals surface area (Å²) in [6.45, 7) is 15.2. The third kappa shape index (κ3) is 5.83. The van der Waals surface area contributed by atoms with Gasteiger partial charge in [0.25, 0.3) is 0 Å². The average molecular weight is 571 g/mol. The molecular formula is C32H42O7S. The Bertz CT molecular complexity index is 1210. The molecule has 1 heterocycles. The van der Waals surface area contributed by atoms with E-state index in [1.54, 1.807) is 11.3 Å². The van der Waals surface area contributed by atoms with Crippen molar-refractivity contribution < 1.29 is 33.4 Å². The average Bonchev–Trinajstić information content (AvgIpc) is 3.37. The summed E-state index contributed by atoms with van der Waals surface area (Å²) >= 11 is 1.67. The molecule has 1 aromatic heterocycles. The molecule has 0 saturated heterocycles. The van der Waals surface area contributed by atoms with Crippen LogP contribution in [-0.2, 0) is 39.8 Å². The zero-order chi connectivity index (χ0) is 29.4. The first kappa shape index (κ1) is 30.2. The van der Waals surface area contributed by atoms with E-state index in [1.807, 2.05) is 18.4 Å². The summed E-state index contributed by atoms with van der Waals surface area (Å²) in [6.07, 6.45) is 1.75. The molecule has 8 heteroatoms. The second kappa shape index (κ2) is 11.6. The van der Waals surface area contributed by atoms with E-state index in [0.717, 1.165) is 12.0 Å². The number of thiophene rings is 1. The van der Waals surface area contributed by atoms with Crippen molar-refractivity contribution in [3.05, 3.63) is 45.7 Å². The summed E-state index contributed by atoms with van der Waals surface area (Å²) in [7, 11) is 0. The molecule has 3 aliphatic carbocycles. The van der Waals surface area contributed by atoms with Crippen LogP contribution in [0.5, 0.6) is 0 Å². The van der Waals surface area contributed by atoms with Gasteiger partial charge in [0.05, 0.1) is 0 Å². The number of esters is 3. The number of allylic oxidation sites excluding steroid dienone is 1. The van der Waals surface area contributed by atoms with Gasteiger partial charge in [0.2, 0.25) is 0 Å². The van der Waals surface area contributed by atoms with Crippen molar-refractivity contribution in [1.29, 1.82) is 0 Å². The second-order valence-electron chi connectivity index (χ2n) is 12.4. The fourth-order valence-corrected chi connectivity index (χ4v) is 8.12. The van der Waals surface area contributed by atoms with Crippen molar-refractivity contribution in [3.63, 3.8) is 0 Å². The Kier molecular flexibility index (Phi) is 8.79. The fourth-order valence-electron chi connectivity index (χ4n) is 7.36. The van der Waals surface area contributed by atoms with Crippen molar-refractivity contribution in [1.82, 2.24) is 0 Å². The molecule has 0 aromatic carbocycles. The van der Waals surface area contributed by atoms with Crippen LogP contribution in [0.15, 0.2) is 40.8 Å². The van der Waals surface area contributed by atoms with E-state index in [0.29, 0.717) is 43.3 Å². The minimum atomic E-state index is -0.698. The smallest absolute Gasteiger partial charge is 0.306 e. The normalized spacial score (nSPS) is 31.5. The van der Waals surface area contributed by atoms with Crippen molar-refractivity contribution >= 4 is 35.0 Å². The number of carbonyl (C=O) groups excluding carboxylic acids is 4. The van der Waals surface area contributed by atoms with Gasteiger partial charge in [-0.3, -0.25) is 19.2 Å². The predicted molar refractivity (Wildman–Crippen MR) is 152 cm³/mol. The molecule has 40 heavy (non-hydrogen) atoms. The molecular weight excluding hydrogens is 528 g/mol. The Morgan fingerprint density at radius 2 is 1.77 bits per heavy atom. The van der Waals surface area contributed by atoms with Gasteiger partial charge in [0.1, 0.15) is 18.3 Å². The van der Waals surface area contributed by atoms with E-state index in [2.05, 4.69) is 33.4 Å². The Morgan fingerprint density at radius 1 is 1.07 bits per heavy atom. The number of aryl methyl sites for hydroxylation is 1. The summed E-state index contributed by atoms with van der Waals surface area (Å²) in [5.74, 6) is -1.91. The molecule has 0 spiro atoms. The molecule has 4 rings (SSSR count). The number of ketones is 1. The summed E-state index contributed by atoms with van der Waals surface area (Å²) in [4.78, 5) is 52.3. The highest BCUT2D eigenvalue weighted by Crippen LogP contribution is 2.60. The van der Waals surface area contributed by atoms with Crippen LogP contribution in [-0.4, -0.2) is 42.0 Å². The number of hydrogen-bond donors (Lipinski definition) is 0. The van der Waals surface area contributed by atoms with Crippen LogP contribution in [0.2, 0.25) is 0 Å². The van der Waals surface area contributed by atoms with Crippen LogP contribution in [0.1, 0.15) is 84.9 Å². The lowest BCUT2D eigenvalue weighted by molar-refractivity contribution is -0.184. The van der Waals surface area contributed by atoms with E-state index < -0.39 is 47.0 Å². The summed E-state index contributed by atoms with van der Waals surface area (Å²) in [6, 6.07) is 4.06. The van der Waals surface area contributed by atoms with Gasteiger partial charge in [0, 0.05) is 55.2 Å². The number of hydrogen-bond acceptors (Lipinski definition) is 8. The first-order valence-electron chi connectivity index (χ1n) is 14.2. The highest BCUT2D eigenvalue weighted by atomic mass is 32.1. The Labute approximate surface area is 241 Å². The SMILES string of the molecule is C=C1C2[C@H](OC(C)=O)C3CC(=O)C(C)=C(C[C@@H](OC(C)=O)[C@]2(C)CC[C@@H]1OC(=O)CCCc1cccs1)C3(C)C. The molecule has 2 bridgehead atoms. The van der Waals surface area contributed by atoms with Crippen molar-refractivity contribution in [2.75, 3.05) is 0 Å². The van der Waals surface area contributed by atoms with Crippen molar-refractivity contribution in [2.24, 2.45) is 22.7 Å². The first-order valence-corrected chi connectivity index (χ1v) is 15.1. The van der Waals surface area contributed by atoms with Gasteiger partial charge in [-0.25, -0.2) is 0 Å². The van der Waals surface area contributed by atoms with E-state index in [9.17, 15) is 19.2 Å². The Morgan fingerprint density at radius 3 is 2.40 bits per heavy atom. The fraction of sp³-hybridized carbons (Fsp3) is 0.625. The van der Waals surface area contributed by atoms with Crippen LogP contribution >= 0.6 is 11.3 Å². The highest BCUT2D eigenvalue weighted by Gasteiger charge is 2.60. The summed E-state index contributed by atoms with van der Waals surface area (Å²) < 4.78 is 18.1. The molecule has 2 saturated carbocycles. The van der Waals surface area contributed by atoms with Gasteiger partial charge in [-0.15, -0.1) is 11.3 Å². The van der Waals surface area contributed by atoms with Crippen LogP contribution in [0.4, 0.5) is 0 Å². The van der Waals surface area contributed by atoms with Crippen molar-refractivity contribution in [2.45, 2.75) is 105 Å². The van der Waals surface area contributed by atoms with Crippen LogP contribution in [0.3, 0.4) is 0 Å². The van der Waals surface area contributed by atoms with Gasteiger partial charge >= 0.3 is 17.9 Å². The lowest BCUT2D eigenvalue weighted by atomic mass is 9.50. The molecule has 2 unspecified atom stereocenters. The van der Waals surface area contributed by atoms with E-state index >= 15 is 0 Å². The van der Waals surface area contributed by atoms with Gasteiger partial charge in [-0.2, -0.15) is 0 Å². The largest absolute Gasteiger partial charge is 0.462 e. The third-order valence-corrected chi connectivity index (χ3v) is 10.5. The van der Waals surface area contributed by atoms with E-state index in [-0.39, 0.29) is 24.1 Å². The first-order chi connectivity index (χ1) is 18.8. The zero-order valence-electron chi connectivity index (χ0n) is 24.5. The maximum atomic E-state index is 13.2. The monoisotopic (exact) mass is 570 g/mol. The van der Waals surface area contributed by atoms with Gasteiger partial charge in [-0.1, -0.05) is 39.0 Å². The van der Waals surface area contributed by atoms with E-state index in [1.165, 1.54) is 18.7 Å². The maximum absolute atomic E-state index is 13.2. The number of ether oxygens (including phenoxy) is 3. The third-order valence-electron chi connectivity index (χ3n) is 9.57. The van der Waals surface area contributed by atoms with Crippen LogP contribution in [0.25, 0.3) is 0 Å². The molecule has 2 fully saturated rings. The molecule has 3 aliphatic rings. The van der Waals surface area contributed by atoms with Crippen LogP contribution in [0, 0.1) is 22.7 Å². The van der Waals surface area contributed by atoms with Gasteiger partial charge < -0.3 is 14.2 Å². The molecule has 0 aliphatic heterocycles. The van der Waals surface area contributed by atoms with Gasteiger partial charge in [0.15, 0.2) is 5.78 Å². The lowest BCUT2D eigenvalue weighted by Crippen LogP contribution is -2.59. The molecule has 7 nitrogen and oxygen atoms in total. The number of carbonyl (C=O) groups is 4. The van der Waals surface area contributed by atoms with Crippen molar-refractivity contribution in [3.8, 4) is 0 Å². The maximum Gasteiger partial charge on any atom is 0.306 e. The summed E-state index contributed by atoms with van der Waals surface area (Å²) in [5.41, 5.74) is 1.16. The number of fused-ring (bicyclic) bond motifs is 3. The van der Waals surface area contributed by atoms with Crippen LogP contribution < -0.4 is 0 Å². The van der Waals surface area contributed by atoms with E-state index in [4.69, 9.17) is 14.2 Å². The molecule has 0 N–H and O–H groups in total. The molecule has 0 amide bonds. The zero-order valence-corrected chi connectivity index (χ0v) is 25.4. The Hall–Kier alpha value is -2.74. The number of Topliss-reactive ketones (excluding diaryl/α,β-unsaturated/α-hetero) is 1.